The SMILES string of the molecule is CC(C)(C)OC(=O)N1C=NC(COc2ccc(C#N)cc2)C1. The lowest BCUT2D eigenvalue weighted by Crippen LogP contribution is -2.37. The van der Waals surface area contributed by atoms with E-state index >= 15 is 0 Å². The number of carbonyl (C=O) groups excluding carboxylic acids is 1. The van der Waals surface area contributed by atoms with Gasteiger partial charge in [-0.15, -0.1) is 0 Å². The number of carbonyl (C=O) groups is 1. The van der Waals surface area contributed by atoms with Gasteiger partial charge in [0, 0.05) is 0 Å². The molecule has 6 heteroatoms. The first-order valence-electron chi connectivity index (χ1n) is 7.03. The molecule has 0 saturated carbocycles. The average molecular weight is 301 g/mol. The largest absolute Gasteiger partial charge is 0.491 e. The van der Waals surface area contributed by atoms with Crippen molar-refractivity contribution >= 4 is 12.4 Å². The Bertz CT molecular complexity index is 597. The van der Waals surface area contributed by atoms with Gasteiger partial charge < -0.3 is 9.47 Å². The lowest BCUT2D eigenvalue weighted by Gasteiger charge is -2.23. The van der Waals surface area contributed by atoms with Gasteiger partial charge in [-0.3, -0.25) is 9.89 Å². The molecule has 22 heavy (non-hydrogen) atoms. The van der Waals surface area contributed by atoms with Crippen LogP contribution in [-0.2, 0) is 4.74 Å². The second-order valence-corrected chi connectivity index (χ2v) is 6.00. The van der Waals surface area contributed by atoms with Crippen LogP contribution in [0, 0.1) is 11.3 Å². The van der Waals surface area contributed by atoms with Gasteiger partial charge in [-0.05, 0) is 45.0 Å². The minimum absolute atomic E-state index is 0.122. The van der Waals surface area contributed by atoms with Crippen molar-refractivity contribution < 1.29 is 14.3 Å². The summed E-state index contributed by atoms with van der Waals surface area (Å²) in [6.45, 7) is 6.27. The number of aliphatic imine (C=N–C) groups is 1. The summed E-state index contributed by atoms with van der Waals surface area (Å²) in [7, 11) is 0. The van der Waals surface area contributed by atoms with E-state index in [-0.39, 0.29) is 6.04 Å². The summed E-state index contributed by atoms with van der Waals surface area (Å²) in [6.07, 6.45) is 1.08. The topological polar surface area (TPSA) is 74.9 Å². The number of nitriles is 1. The molecule has 0 radical (unpaired) electrons. The molecule has 0 aliphatic carbocycles. The molecule has 1 aliphatic rings. The fourth-order valence-corrected chi connectivity index (χ4v) is 1.85. The summed E-state index contributed by atoms with van der Waals surface area (Å²) in [6, 6.07) is 8.80. The zero-order valence-corrected chi connectivity index (χ0v) is 12.9. The molecule has 1 heterocycles. The Labute approximate surface area is 130 Å². The predicted octanol–water partition coefficient (Wildman–Crippen LogP) is 2.58. The van der Waals surface area contributed by atoms with E-state index in [0.29, 0.717) is 24.5 Å². The first-order valence-corrected chi connectivity index (χ1v) is 7.03. The van der Waals surface area contributed by atoms with Crippen LogP contribution in [0.4, 0.5) is 4.79 Å². The molecular formula is C16H19N3O3. The molecule has 0 saturated heterocycles. The number of ether oxygens (including phenoxy) is 2. The Hall–Kier alpha value is -2.55. The predicted molar refractivity (Wildman–Crippen MR) is 81.9 cm³/mol. The first kappa shape index (κ1) is 15.8. The monoisotopic (exact) mass is 301 g/mol. The van der Waals surface area contributed by atoms with Gasteiger partial charge in [-0.1, -0.05) is 0 Å². The fourth-order valence-electron chi connectivity index (χ4n) is 1.85. The molecule has 0 aromatic heterocycles. The summed E-state index contributed by atoms with van der Waals surface area (Å²) in [5.41, 5.74) is 0.0597. The molecule has 2 rings (SSSR count). The van der Waals surface area contributed by atoms with Crippen LogP contribution < -0.4 is 4.74 Å². The zero-order valence-electron chi connectivity index (χ0n) is 12.9. The molecule has 0 spiro atoms. The molecule has 0 bridgehead atoms. The van der Waals surface area contributed by atoms with E-state index in [2.05, 4.69) is 11.1 Å². The maximum atomic E-state index is 11.9. The van der Waals surface area contributed by atoms with Crippen LogP contribution in [-0.4, -0.2) is 42.1 Å². The Kier molecular flexibility index (Phi) is 4.66. The summed E-state index contributed by atoms with van der Waals surface area (Å²) in [5, 5.41) is 8.73. The standard InChI is InChI=1S/C16H19N3O3/c1-16(2,3)22-15(20)19-9-13(18-11-19)10-21-14-6-4-12(8-17)5-7-14/h4-7,11,13H,9-10H2,1-3H3. The number of rotatable bonds is 3. The molecule has 1 atom stereocenters. The van der Waals surface area contributed by atoms with Crippen LogP contribution in [0.3, 0.4) is 0 Å². The number of benzene rings is 1. The second kappa shape index (κ2) is 6.48. The van der Waals surface area contributed by atoms with Gasteiger partial charge in [-0.2, -0.15) is 5.26 Å². The minimum atomic E-state index is -0.526. The van der Waals surface area contributed by atoms with Gasteiger partial charge >= 0.3 is 6.09 Å². The molecule has 1 aromatic rings. The van der Waals surface area contributed by atoms with Gasteiger partial charge in [-0.25, -0.2) is 4.79 Å². The highest BCUT2D eigenvalue weighted by molar-refractivity contribution is 5.84. The smallest absolute Gasteiger partial charge is 0.415 e. The van der Waals surface area contributed by atoms with Crippen LogP contribution in [0.15, 0.2) is 29.3 Å². The van der Waals surface area contributed by atoms with Crippen molar-refractivity contribution in [1.82, 2.24) is 4.90 Å². The molecule has 1 aliphatic heterocycles. The van der Waals surface area contributed by atoms with E-state index in [1.165, 1.54) is 11.2 Å². The third-order valence-corrected chi connectivity index (χ3v) is 2.88. The van der Waals surface area contributed by atoms with Gasteiger partial charge in [0.25, 0.3) is 0 Å². The van der Waals surface area contributed by atoms with Crippen molar-refractivity contribution in [2.24, 2.45) is 4.99 Å². The Balaban J connectivity index is 1.80. The molecule has 0 N–H and O–H groups in total. The van der Waals surface area contributed by atoms with Crippen molar-refractivity contribution in [2.75, 3.05) is 13.2 Å². The zero-order chi connectivity index (χ0) is 16.2. The molecule has 1 amide bonds. The van der Waals surface area contributed by atoms with E-state index in [1.54, 1.807) is 24.3 Å². The third-order valence-electron chi connectivity index (χ3n) is 2.88. The lowest BCUT2D eigenvalue weighted by molar-refractivity contribution is 0.0379. The van der Waals surface area contributed by atoms with Gasteiger partial charge in [0.05, 0.1) is 24.5 Å². The number of amides is 1. The third kappa shape index (κ3) is 4.48. The van der Waals surface area contributed by atoms with Crippen molar-refractivity contribution in [1.29, 1.82) is 5.26 Å². The maximum absolute atomic E-state index is 11.9. The van der Waals surface area contributed by atoms with Crippen molar-refractivity contribution in [3.63, 3.8) is 0 Å². The van der Waals surface area contributed by atoms with Crippen LogP contribution >= 0.6 is 0 Å². The summed E-state index contributed by atoms with van der Waals surface area (Å²) in [4.78, 5) is 17.6. The quantitative estimate of drug-likeness (QED) is 0.860. The Morgan fingerprint density at radius 3 is 2.68 bits per heavy atom. The normalized spacial score (nSPS) is 17.2. The average Bonchev–Trinajstić information content (AvgIpc) is 2.93. The van der Waals surface area contributed by atoms with Crippen molar-refractivity contribution in [3.8, 4) is 11.8 Å². The van der Waals surface area contributed by atoms with Crippen LogP contribution in [0.25, 0.3) is 0 Å². The maximum Gasteiger partial charge on any atom is 0.415 e. The Morgan fingerprint density at radius 2 is 2.09 bits per heavy atom. The van der Waals surface area contributed by atoms with Crippen molar-refractivity contribution in [3.05, 3.63) is 29.8 Å². The van der Waals surface area contributed by atoms with E-state index in [9.17, 15) is 4.79 Å². The number of hydrogen-bond donors (Lipinski definition) is 0. The fraction of sp³-hybridized carbons (Fsp3) is 0.438. The molecule has 0 fully saturated rings. The van der Waals surface area contributed by atoms with Crippen LogP contribution in [0.1, 0.15) is 26.3 Å². The van der Waals surface area contributed by atoms with Gasteiger partial charge in [0.1, 0.15) is 24.0 Å². The second-order valence-electron chi connectivity index (χ2n) is 6.00. The minimum Gasteiger partial charge on any atom is -0.491 e. The number of hydrogen-bond acceptors (Lipinski definition) is 5. The summed E-state index contributed by atoms with van der Waals surface area (Å²) >= 11 is 0. The van der Waals surface area contributed by atoms with E-state index in [4.69, 9.17) is 14.7 Å². The highest BCUT2D eigenvalue weighted by Gasteiger charge is 2.27. The highest BCUT2D eigenvalue weighted by Crippen LogP contribution is 2.15. The molecule has 1 unspecified atom stereocenters. The van der Waals surface area contributed by atoms with Crippen LogP contribution in [0.2, 0.25) is 0 Å². The highest BCUT2D eigenvalue weighted by atomic mass is 16.6. The summed E-state index contributed by atoms with van der Waals surface area (Å²) < 4.78 is 10.9. The molecule has 116 valence electrons. The molecule has 1 aromatic carbocycles. The Morgan fingerprint density at radius 1 is 1.41 bits per heavy atom. The molecular weight excluding hydrogens is 282 g/mol. The van der Waals surface area contributed by atoms with E-state index in [0.717, 1.165) is 0 Å². The first-order chi connectivity index (χ1) is 10.4. The lowest BCUT2D eigenvalue weighted by atomic mass is 10.2. The van der Waals surface area contributed by atoms with E-state index < -0.39 is 11.7 Å². The number of nitrogens with zero attached hydrogens (tertiary/aromatic N) is 3. The van der Waals surface area contributed by atoms with Gasteiger partial charge in [0.15, 0.2) is 0 Å². The van der Waals surface area contributed by atoms with Crippen molar-refractivity contribution in [2.45, 2.75) is 32.4 Å². The van der Waals surface area contributed by atoms with E-state index in [1.807, 2.05) is 20.8 Å². The summed E-state index contributed by atoms with van der Waals surface area (Å²) in [5.74, 6) is 0.671. The molecule has 6 nitrogen and oxygen atoms in total. The van der Waals surface area contributed by atoms with Gasteiger partial charge in [0.2, 0.25) is 0 Å². The van der Waals surface area contributed by atoms with Crippen LogP contribution in [0.5, 0.6) is 5.75 Å².